The normalized spacial score (nSPS) is 12.4. The van der Waals surface area contributed by atoms with Gasteiger partial charge in [0.1, 0.15) is 0 Å². The quantitative estimate of drug-likeness (QED) is 0.895. The van der Waals surface area contributed by atoms with E-state index in [-0.39, 0.29) is 6.04 Å². The minimum atomic E-state index is -0.153. The molecule has 0 amide bonds. The summed E-state index contributed by atoms with van der Waals surface area (Å²) in [6, 6.07) is 7.82. The molecule has 5 nitrogen and oxygen atoms in total. The van der Waals surface area contributed by atoms with Gasteiger partial charge in [0, 0.05) is 25.3 Å². The molecule has 2 rings (SSSR count). The predicted octanol–water partition coefficient (Wildman–Crippen LogP) is 2.60. The first-order valence-corrected chi connectivity index (χ1v) is 6.48. The Morgan fingerprint density at radius 3 is 2.84 bits per heavy atom. The Bertz CT molecular complexity index is 536. The Balaban J connectivity index is 2.25. The summed E-state index contributed by atoms with van der Waals surface area (Å²) in [4.78, 5) is 6.41. The smallest absolute Gasteiger partial charge is 0.258 e. The molecule has 1 unspecified atom stereocenters. The van der Waals surface area contributed by atoms with Crippen LogP contribution in [-0.2, 0) is 0 Å². The maximum atomic E-state index is 5.98. The lowest BCUT2D eigenvalue weighted by atomic mass is 10.1. The van der Waals surface area contributed by atoms with E-state index in [1.54, 1.807) is 0 Å². The zero-order chi connectivity index (χ0) is 13.8. The first-order valence-electron chi connectivity index (χ1n) is 6.48. The average molecular weight is 260 g/mol. The fraction of sp³-hybridized carbons (Fsp3) is 0.429. The molecule has 2 N–H and O–H groups in total. The summed E-state index contributed by atoms with van der Waals surface area (Å²) >= 11 is 0. The Labute approximate surface area is 113 Å². The molecule has 0 saturated heterocycles. The van der Waals surface area contributed by atoms with Crippen molar-refractivity contribution >= 4 is 5.69 Å². The second-order valence-electron chi connectivity index (χ2n) is 4.80. The number of rotatable bonds is 5. The van der Waals surface area contributed by atoms with Crippen LogP contribution in [0.25, 0.3) is 11.5 Å². The van der Waals surface area contributed by atoms with Crippen molar-refractivity contribution in [2.45, 2.75) is 25.8 Å². The summed E-state index contributed by atoms with van der Waals surface area (Å²) in [6.07, 6.45) is 1.86. The van der Waals surface area contributed by atoms with Crippen molar-refractivity contribution in [3.05, 3.63) is 30.1 Å². The van der Waals surface area contributed by atoms with Gasteiger partial charge in [-0.25, -0.2) is 0 Å². The predicted molar refractivity (Wildman–Crippen MR) is 75.9 cm³/mol. The van der Waals surface area contributed by atoms with E-state index in [1.807, 2.05) is 43.3 Å². The number of hydrogen-bond donors (Lipinski definition) is 1. The van der Waals surface area contributed by atoms with Crippen molar-refractivity contribution < 1.29 is 4.52 Å². The van der Waals surface area contributed by atoms with Crippen LogP contribution in [0.2, 0.25) is 0 Å². The van der Waals surface area contributed by atoms with Crippen LogP contribution in [0.5, 0.6) is 0 Å². The zero-order valence-corrected chi connectivity index (χ0v) is 11.6. The van der Waals surface area contributed by atoms with Crippen molar-refractivity contribution in [2.24, 2.45) is 5.73 Å². The molecule has 0 bridgehead atoms. The van der Waals surface area contributed by atoms with Crippen LogP contribution in [0.1, 0.15) is 31.6 Å². The SMILES string of the molecule is CCCC(N)c1noc(-c2cccc(N(C)C)c2)n1. The third-order valence-corrected chi connectivity index (χ3v) is 2.98. The van der Waals surface area contributed by atoms with Crippen molar-refractivity contribution in [1.29, 1.82) is 0 Å². The molecule has 0 saturated carbocycles. The van der Waals surface area contributed by atoms with Gasteiger partial charge >= 0.3 is 0 Å². The van der Waals surface area contributed by atoms with E-state index in [2.05, 4.69) is 17.1 Å². The monoisotopic (exact) mass is 260 g/mol. The van der Waals surface area contributed by atoms with E-state index in [1.165, 1.54) is 0 Å². The second kappa shape index (κ2) is 5.84. The standard InChI is InChI=1S/C14H20N4O/c1-4-6-12(15)13-16-14(19-17-13)10-7-5-8-11(9-10)18(2)3/h5,7-9,12H,4,6,15H2,1-3H3. The van der Waals surface area contributed by atoms with Gasteiger partial charge < -0.3 is 15.2 Å². The lowest BCUT2D eigenvalue weighted by Gasteiger charge is -2.12. The lowest BCUT2D eigenvalue weighted by molar-refractivity contribution is 0.413. The van der Waals surface area contributed by atoms with E-state index < -0.39 is 0 Å². The highest BCUT2D eigenvalue weighted by Crippen LogP contribution is 2.23. The first kappa shape index (κ1) is 13.5. The van der Waals surface area contributed by atoms with Gasteiger partial charge in [0.2, 0.25) is 0 Å². The van der Waals surface area contributed by atoms with E-state index in [4.69, 9.17) is 10.3 Å². The number of nitrogens with zero attached hydrogens (tertiary/aromatic N) is 3. The lowest BCUT2D eigenvalue weighted by Crippen LogP contribution is -2.11. The number of hydrogen-bond acceptors (Lipinski definition) is 5. The molecule has 1 atom stereocenters. The van der Waals surface area contributed by atoms with Gasteiger partial charge in [0.05, 0.1) is 6.04 Å². The van der Waals surface area contributed by atoms with Gasteiger partial charge in [0.25, 0.3) is 5.89 Å². The van der Waals surface area contributed by atoms with Crippen LogP contribution in [0.4, 0.5) is 5.69 Å². The van der Waals surface area contributed by atoms with E-state index in [0.29, 0.717) is 11.7 Å². The van der Waals surface area contributed by atoms with E-state index in [0.717, 1.165) is 24.1 Å². The molecule has 1 heterocycles. The molecule has 0 aliphatic carbocycles. The molecular weight excluding hydrogens is 240 g/mol. The maximum Gasteiger partial charge on any atom is 0.258 e. The Morgan fingerprint density at radius 2 is 2.16 bits per heavy atom. The summed E-state index contributed by atoms with van der Waals surface area (Å²) in [5.74, 6) is 1.09. The summed E-state index contributed by atoms with van der Waals surface area (Å²) in [5, 5.41) is 3.96. The fourth-order valence-corrected chi connectivity index (χ4v) is 1.86. The van der Waals surface area contributed by atoms with Crippen LogP contribution in [-0.4, -0.2) is 24.2 Å². The summed E-state index contributed by atoms with van der Waals surface area (Å²) in [6.45, 7) is 2.08. The van der Waals surface area contributed by atoms with Gasteiger partial charge in [-0.15, -0.1) is 0 Å². The van der Waals surface area contributed by atoms with Crippen LogP contribution >= 0.6 is 0 Å². The molecule has 0 radical (unpaired) electrons. The molecule has 1 aromatic heterocycles. The third-order valence-electron chi connectivity index (χ3n) is 2.98. The molecule has 0 fully saturated rings. The molecule has 0 aliphatic rings. The number of anilines is 1. The van der Waals surface area contributed by atoms with Gasteiger partial charge in [-0.2, -0.15) is 4.98 Å². The van der Waals surface area contributed by atoms with E-state index in [9.17, 15) is 0 Å². The summed E-state index contributed by atoms with van der Waals surface area (Å²) < 4.78 is 5.29. The largest absolute Gasteiger partial charge is 0.378 e. The molecule has 0 aliphatic heterocycles. The van der Waals surface area contributed by atoms with E-state index >= 15 is 0 Å². The van der Waals surface area contributed by atoms with Crippen LogP contribution < -0.4 is 10.6 Å². The molecule has 2 aromatic rings. The van der Waals surface area contributed by atoms with Crippen LogP contribution in [0.15, 0.2) is 28.8 Å². The highest BCUT2D eigenvalue weighted by atomic mass is 16.5. The molecular formula is C14H20N4O. The first-order chi connectivity index (χ1) is 9.11. The Hall–Kier alpha value is -1.88. The highest BCUT2D eigenvalue weighted by Gasteiger charge is 2.14. The number of aromatic nitrogens is 2. The fourth-order valence-electron chi connectivity index (χ4n) is 1.86. The molecule has 5 heteroatoms. The van der Waals surface area contributed by atoms with Crippen LogP contribution in [0.3, 0.4) is 0 Å². The summed E-state index contributed by atoms with van der Waals surface area (Å²) in [5.41, 5.74) is 7.99. The van der Waals surface area contributed by atoms with Gasteiger partial charge in [0.15, 0.2) is 5.82 Å². The third kappa shape index (κ3) is 3.12. The topological polar surface area (TPSA) is 68.2 Å². The summed E-state index contributed by atoms with van der Waals surface area (Å²) in [7, 11) is 3.99. The number of benzene rings is 1. The van der Waals surface area contributed by atoms with Crippen molar-refractivity contribution in [3.8, 4) is 11.5 Å². The van der Waals surface area contributed by atoms with Gasteiger partial charge in [-0.1, -0.05) is 24.6 Å². The van der Waals surface area contributed by atoms with Gasteiger partial charge in [-0.3, -0.25) is 0 Å². The molecule has 19 heavy (non-hydrogen) atoms. The second-order valence-corrected chi connectivity index (χ2v) is 4.80. The average Bonchev–Trinajstić information content (AvgIpc) is 2.89. The van der Waals surface area contributed by atoms with Gasteiger partial charge in [-0.05, 0) is 24.6 Å². The van der Waals surface area contributed by atoms with Crippen molar-refractivity contribution in [2.75, 3.05) is 19.0 Å². The minimum absolute atomic E-state index is 0.153. The number of nitrogens with two attached hydrogens (primary N) is 1. The van der Waals surface area contributed by atoms with Crippen LogP contribution in [0, 0.1) is 0 Å². The minimum Gasteiger partial charge on any atom is -0.378 e. The maximum absolute atomic E-state index is 5.98. The van der Waals surface area contributed by atoms with Crippen molar-refractivity contribution in [3.63, 3.8) is 0 Å². The Morgan fingerprint density at radius 1 is 1.37 bits per heavy atom. The highest BCUT2D eigenvalue weighted by molar-refractivity contribution is 5.61. The zero-order valence-electron chi connectivity index (χ0n) is 11.6. The molecule has 0 spiro atoms. The Kier molecular flexibility index (Phi) is 4.16. The van der Waals surface area contributed by atoms with Crippen molar-refractivity contribution in [1.82, 2.24) is 10.1 Å². The molecule has 102 valence electrons. The molecule has 1 aromatic carbocycles.